The molecule has 0 heterocycles. The molecule has 0 aromatic heterocycles. The Labute approximate surface area is 98.6 Å². The average molecular weight is 256 g/mol. The fourth-order valence-corrected chi connectivity index (χ4v) is 1.17. The molecule has 3 N–H and O–H groups in total. The lowest BCUT2D eigenvalue weighted by Crippen LogP contribution is -2.45. The zero-order chi connectivity index (χ0) is 13.5. The Balaban J connectivity index is 3.79. The Kier molecular flexibility index (Phi) is 6.48. The predicted molar refractivity (Wildman–Crippen MR) is 57.5 cm³/mol. The number of carbonyl (C=O) groups excluding carboxylic acids is 1. The molecule has 0 rings (SSSR count). The third kappa shape index (κ3) is 7.98. The second-order valence-electron chi connectivity index (χ2n) is 3.93. The number of nitrogens with one attached hydrogen (secondary N) is 2. The molecule has 0 spiro atoms. The molecule has 0 aromatic carbocycles. The van der Waals surface area contributed by atoms with E-state index in [2.05, 4.69) is 5.32 Å². The Morgan fingerprint density at radius 3 is 2.12 bits per heavy atom. The number of halogens is 3. The molecule has 0 aromatic rings. The van der Waals surface area contributed by atoms with Gasteiger partial charge in [0, 0.05) is 6.54 Å². The monoisotopic (exact) mass is 256 g/mol. The van der Waals surface area contributed by atoms with E-state index < -0.39 is 24.2 Å². The van der Waals surface area contributed by atoms with Crippen molar-refractivity contribution in [1.82, 2.24) is 10.6 Å². The molecule has 0 aliphatic carbocycles. The Morgan fingerprint density at radius 2 is 1.71 bits per heavy atom. The van der Waals surface area contributed by atoms with E-state index in [1.165, 1.54) is 0 Å². The van der Waals surface area contributed by atoms with Gasteiger partial charge in [0.2, 0.25) is 5.91 Å². The number of amides is 1. The van der Waals surface area contributed by atoms with Crippen molar-refractivity contribution in [3.63, 3.8) is 0 Å². The number of alkyl halides is 3. The van der Waals surface area contributed by atoms with Crippen LogP contribution in [0.3, 0.4) is 0 Å². The van der Waals surface area contributed by atoms with Gasteiger partial charge in [0.15, 0.2) is 0 Å². The van der Waals surface area contributed by atoms with Crippen molar-refractivity contribution in [2.24, 2.45) is 0 Å². The maximum absolute atomic E-state index is 11.8. The Hall–Kier alpha value is -0.820. The van der Waals surface area contributed by atoms with Crippen LogP contribution in [0.5, 0.6) is 0 Å². The van der Waals surface area contributed by atoms with Crippen LogP contribution in [0, 0.1) is 0 Å². The molecule has 17 heavy (non-hydrogen) atoms. The van der Waals surface area contributed by atoms with Crippen LogP contribution in [-0.4, -0.2) is 42.4 Å². The quantitative estimate of drug-likeness (QED) is 0.631. The summed E-state index contributed by atoms with van der Waals surface area (Å²) in [5, 5.41) is 14.2. The number of aliphatic hydroxyl groups is 1. The maximum Gasteiger partial charge on any atom is 0.405 e. The summed E-state index contributed by atoms with van der Waals surface area (Å²) in [7, 11) is 0. The molecule has 0 unspecified atom stereocenters. The highest BCUT2D eigenvalue weighted by Crippen LogP contribution is 2.13. The minimum absolute atomic E-state index is 0.180. The molecular formula is C10H19F3N2O2. The van der Waals surface area contributed by atoms with E-state index in [1.54, 1.807) is 19.2 Å². The third-order valence-corrected chi connectivity index (χ3v) is 2.54. The molecule has 0 aliphatic rings. The van der Waals surface area contributed by atoms with E-state index in [0.717, 1.165) is 0 Å². The van der Waals surface area contributed by atoms with Crippen molar-refractivity contribution in [1.29, 1.82) is 0 Å². The summed E-state index contributed by atoms with van der Waals surface area (Å²) in [6.45, 7) is 2.21. The van der Waals surface area contributed by atoms with Crippen molar-refractivity contribution in [2.45, 2.75) is 38.5 Å². The van der Waals surface area contributed by atoms with Crippen molar-refractivity contribution in [3.8, 4) is 0 Å². The summed E-state index contributed by atoms with van der Waals surface area (Å²) in [5.74, 6) is -0.739. The number of hydrogen-bond donors (Lipinski definition) is 3. The fourth-order valence-electron chi connectivity index (χ4n) is 1.17. The summed E-state index contributed by atoms with van der Waals surface area (Å²) >= 11 is 0. The lowest BCUT2D eigenvalue weighted by Gasteiger charge is -2.25. The van der Waals surface area contributed by atoms with Gasteiger partial charge in [0.05, 0.1) is 12.1 Å². The summed E-state index contributed by atoms with van der Waals surface area (Å²) < 4.78 is 35.3. The van der Waals surface area contributed by atoms with E-state index >= 15 is 0 Å². The Bertz CT molecular complexity index is 240. The van der Waals surface area contributed by atoms with Crippen LogP contribution in [-0.2, 0) is 4.79 Å². The Morgan fingerprint density at radius 1 is 1.18 bits per heavy atom. The standard InChI is InChI=1S/C10H19F3N2O2/c1-3-9(17,4-2)6-14-5-8(16)15-7-10(11,12)13/h14,17H,3-7H2,1-2H3,(H,15,16). The molecule has 0 fully saturated rings. The second-order valence-corrected chi connectivity index (χ2v) is 3.93. The van der Waals surface area contributed by atoms with E-state index in [0.29, 0.717) is 12.8 Å². The van der Waals surface area contributed by atoms with E-state index in [1.807, 2.05) is 0 Å². The number of carbonyl (C=O) groups is 1. The predicted octanol–water partition coefficient (Wildman–Crippen LogP) is 0.806. The van der Waals surface area contributed by atoms with Crippen LogP contribution in [0.15, 0.2) is 0 Å². The summed E-state index contributed by atoms with van der Waals surface area (Å²) in [5.41, 5.74) is -0.912. The maximum atomic E-state index is 11.8. The molecule has 0 bridgehead atoms. The van der Waals surface area contributed by atoms with Crippen LogP contribution in [0.25, 0.3) is 0 Å². The van der Waals surface area contributed by atoms with Gasteiger partial charge in [-0.1, -0.05) is 13.8 Å². The van der Waals surface area contributed by atoms with Gasteiger partial charge in [0.1, 0.15) is 6.54 Å². The largest absolute Gasteiger partial charge is 0.405 e. The smallest absolute Gasteiger partial charge is 0.389 e. The van der Waals surface area contributed by atoms with Crippen molar-refractivity contribution < 1.29 is 23.1 Å². The van der Waals surface area contributed by atoms with Gasteiger partial charge >= 0.3 is 6.18 Å². The molecular weight excluding hydrogens is 237 g/mol. The molecule has 0 aliphatic heterocycles. The van der Waals surface area contributed by atoms with Crippen molar-refractivity contribution in [2.75, 3.05) is 19.6 Å². The van der Waals surface area contributed by atoms with E-state index in [9.17, 15) is 23.1 Å². The first-order chi connectivity index (χ1) is 7.72. The topological polar surface area (TPSA) is 61.4 Å². The lowest BCUT2D eigenvalue weighted by atomic mass is 9.98. The van der Waals surface area contributed by atoms with Crippen molar-refractivity contribution in [3.05, 3.63) is 0 Å². The second kappa shape index (κ2) is 6.80. The SMILES string of the molecule is CCC(O)(CC)CNCC(=O)NCC(F)(F)F. The van der Waals surface area contributed by atoms with Crippen LogP contribution in [0.4, 0.5) is 13.2 Å². The molecule has 7 heteroatoms. The fraction of sp³-hybridized carbons (Fsp3) is 0.900. The van der Waals surface area contributed by atoms with Gasteiger partial charge in [-0.3, -0.25) is 4.79 Å². The molecule has 0 atom stereocenters. The molecule has 0 saturated carbocycles. The molecule has 102 valence electrons. The summed E-state index contributed by atoms with van der Waals surface area (Å²) in [4.78, 5) is 11.0. The van der Waals surface area contributed by atoms with Crippen LogP contribution < -0.4 is 10.6 Å². The van der Waals surface area contributed by atoms with Gasteiger partial charge in [-0.05, 0) is 12.8 Å². The van der Waals surface area contributed by atoms with Gasteiger partial charge in [0.25, 0.3) is 0 Å². The first-order valence-corrected chi connectivity index (χ1v) is 5.49. The molecule has 0 saturated heterocycles. The highest BCUT2D eigenvalue weighted by atomic mass is 19.4. The summed E-state index contributed by atoms with van der Waals surface area (Å²) in [6.07, 6.45) is -3.37. The first kappa shape index (κ1) is 16.2. The highest BCUT2D eigenvalue weighted by Gasteiger charge is 2.27. The number of rotatable bonds is 7. The zero-order valence-corrected chi connectivity index (χ0v) is 10.0. The lowest BCUT2D eigenvalue weighted by molar-refractivity contribution is -0.138. The average Bonchev–Trinajstić information content (AvgIpc) is 2.25. The minimum atomic E-state index is -4.40. The van der Waals surface area contributed by atoms with Gasteiger partial charge in [-0.2, -0.15) is 13.2 Å². The van der Waals surface area contributed by atoms with Gasteiger partial charge < -0.3 is 15.7 Å². The van der Waals surface area contributed by atoms with E-state index in [4.69, 9.17) is 0 Å². The third-order valence-electron chi connectivity index (χ3n) is 2.54. The van der Waals surface area contributed by atoms with Crippen LogP contribution in [0.1, 0.15) is 26.7 Å². The first-order valence-electron chi connectivity index (χ1n) is 5.49. The number of hydrogen-bond acceptors (Lipinski definition) is 3. The van der Waals surface area contributed by atoms with E-state index in [-0.39, 0.29) is 13.1 Å². The highest BCUT2D eigenvalue weighted by molar-refractivity contribution is 5.78. The minimum Gasteiger partial charge on any atom is -0.389 e. The zero-order valence-electron chi connectivity index (χ0n) is 10.0. The summed E-state index contributed by atoms with van der Waals surface area (Å²) in [6, 6.07) is 0. The van der Waals surface area contributed by atoms with Gasteiger partial charge in [-0.25, -0.2) is 0 Å². The van der Waals surface area contributed by atoms with Crippen molar-refractivity contribution >= 4 is 5.91 Å². The molecule has 0 radical (unpaired) electrons. The van der Waals surface area contributed by atoms with Crippen LogP contribution >= 0.6 is 0 Å². The van der Waals surface area contributed by atoms with Gasteiger partial charge in [-0.15, -0.1) is 0 Å². The van der Waals surface area contributed by atoms with Crippen LogP contribution in [0.2, 0.25) is 0 Å². The molecule has 4 nitrogen and oxygen atoms in total. The normalized spacial score (nSPS) is 12.6. The molecule has 1 amide bonds.